The molecule has 4 heterocycles. The minimum atomic E-state index is -0.160. The Morgan fingerprint density at radius 2 is 2.21 bits per heavy atom. The van der Waals surface area contributed by atoms with Gasteiger partial charge in [-0.2, -0.15) is 16.3 Å². The van der Waals surface area contributed by atoms with Crippen molar-refractivity contribution < 1.29 is 9.26 Å². The molecule has 0 N–H and O–H groups in total. The largest absolute Gasteiger partial charge is 0.364 e. The average Bonchev–Trinajstić information content (AvgIpc) is 3.38. The summed E-state index contributed by atoms with van der Waals surface area (Å²) in [5.74, 6) is 1.34. The molecule has 2 aliphatic rings. The molecular formula is C18H17N3O2S. The van der Waals surface area contributed by atoms with Crippen molar-refractivity contribution in [3.8, 4) is 11.4 Å². The van der Waals surface area contributed by atoms with Crippen LogP contribution in [0.3, 0.4) is 0 Å². The molecule has 1 fully saturated rings. The lowest BCUT2D eigenvalue weighted by atomic mass is 9.92. The Labute approximate surface area is 143 Å². The molecule has 122 valence electrons. The van der Waals surface area contributed by atoms with Crippen LogP contribution in [0.4, 0.5) is 0 Å². The lowest BCUT2D eigenvalue weighted by molar-refractivity contribution is -0.0303. The van der Waals surface area contributed by atoms with Gasteiger partial charge in [0.2, 0.25) is 11.7 Å². The van der Waals surface area contributed by atoms with Crippen LogP contribution in [-0.2, 0) is 23.5 Å². The highest BCUT2D eigenvalue weighted by Crippen LogP contribution is 2.43. The van der Waals surface area contributed by atoms with Crippen molar-refractivity contribution in [2.75, 3.05) is 13.1 Å². The molecule has 1 unspecified atom stereocenters. The van der Waals surface area contributed by atoms with E-state index in [2.05, 4.69) is 39.3 Å². The van der Waals surface area contributed by atoms with Gasteiger partial charge in [-0.15, -0.1) is 0 Å². The van der Waals surface area contributed by atoms with Crippen molar-refractivity contribution >= 4 is 11.3 Å². The van der Waals surface area contributed by atoms with Crippen LogP contribution in [0.25, 0.3) is 11.4 Å². The predicted molar refractivity (Wildman–Crippen MR) is 90.4 cm³/mol. The first-order chi connectivity index (χ1) is 11.8. The molecule has 2 aliphatic heterocycles. The summed E-state index contributed by atoms with van der Waals surface area (Å²) in [6.45, 7) is 3.24. The van der Waals surface area contributed by atoms with Gasteiger partial charge >= 0.3 is 0 Å². The van der Waals surface area contributed by atoms with Crippen LogP contribution in [0.2, 0.25) is 0 Å². The summed E-state index contributed by atoms with van der Waals surface area (Å²) in [4.78, 5) is 6.86. The molecule has 0 saturated carbocycles. The van der Waals surface area contributed by atoms with Crippen LogP contribution in [0.15, 0.2) is 45.6 Å². The van der Waals surface area contributed by atoms with E-state index in [9.17, 15) is 0 Å². The van der Waals surface area contributed by atoms with Crippen LogP contribution in [-0.4, -0.2) is 28.1 Å². The third-order valence-electron chi connectivity index (χ3n) is 4.93. The number of aromatic nitrogens is 2. The predicted octanol–water partition coefficient (Wildman–Crippen LogP) is 3.43. The first kappa shape index (κ1) is 14.3. The van der Waals surface area contributed by atoms with Gasteiger partial charge < -0.3 is 9.26 Å². The van der Waals surface area contributed by atoms with E-state index in [1.165, 1.54) is 11.1 Å². The zero-order valence-corrected chi connectivity index (χ0v) is 14.0. The molecule has 0 bridgehead atoms. The summed E-state index contributed by atoms with van der Waals surface area (Å²) < 4.78 is 11.6. The Morgan fingerprint density at radius 1 is 1.25 bits per heavy atom. The number of hydrogen-bond acceptors (Lipinski definition) is 6. The fourth-order valence-electron chi connectivity index (χ4n) is 3.73. The minimum Gasteiger partial charge on any atom is -0.364 e. The van der Waals surface area contributed by atoms with E-state index in [0.717, 1.165) is 25.1 Å². The fraction of sp³-hybridized carbons (Fsp3) is 0.333. The summed E-state index contributed by atoms with van der Waals surface area (Å²) >= 11 is 1.63. The van der Waals surface area contributed by atoms with Gasteiger partial charge in [0.05, 0.1) is 13.2 Å². The second kappa shape index (κ2) is 5.51. The molecule has 2 aromatic heterocycles. The van der Waals surface area contributed by atoms with E-state index in [0.29, 0.717) is 24.9 Å². The summed E-state index contributed by atoms with van der Waals surface area (Å²) in [5, 5.41) is 8.14. The quantitative estimate of drug-likeness (QED) is 0.732. The van der Waals surface area contributed by atoms with Crippen molar-refractivity contribution in [3.63, 3.8) is 0 Å². The summed E-state index contributed by atoms with van der Waals surface area (Å²) in [5.41, 5.74) is 3.52. The molecule has 1 spiro atoms. The molecule has 6 heteroatoms. The molecule has 5 nitrogen and oxygen atoms in total. The standard InChI is InChI=1S/C18H17N3O2S/c1-2-4-15-13(3-1)10-22-18(15)6-7-21(12-18)9-16-19-17(20-23-16)14-5-8-24-11-14/h1-5,8,11H,6-7,9-10,12H2. The molecular weight excluding hydrogens is 322 g/mol. The molecule has 0 aliphatic carbocycles. The smallest absolute Gasteiger partial charge is 0.241 e. The van der Waals surface area contributed by atoms with Crippen molar-refractivity contribution in [3.05, 3.63) is 58.1 Å². The third-order valence-corrected chi connectivity index (χ3v) is 5.61. The third kappa shape index (κ3) is 2.30. The van der Waals surface area contributed by atoms with E-state index < -0.39 is 0 Å². The van der Waals surface area contributed by atoms with Gasteiger partial charge in [0, 0.05) is 24.0 Å². The molecule has 24 heavy (non-hydrogen) atoms. The van der Waals surface area contributed by atoms with Crippen LogP contribution < -0.4 is 0 Å². The van der Waals surface area contributed by atoms with Crippen molar-refractivity contribution in [2.24, 2.45) is 0 Å². The summed E-state index contributed by atoms with van der Waals surface area (Å²) in [6.07, 6.45) is 1.01. The van der Waals surface area contributed by atoms with E-state index in [-0.39, 0.29) is 5.60 Å². The fourth-order valence-corrected chi connectivity index (χ4v) is 4.37. The number of rotatable bonds is 3. The van der Waals surface area contributed by atoms with Gasteiger partial charge in [-0.3, -0.25) is 4.90 Å². The molecule has 0 radical (unpaired) electrons. The summed E-state index contributed by atoms with van der Waals surface area (Å²) in [7, 11) is 0. The highest BCUT2D eigenvalue weighted by molar-refractivity contribution is 7.08. The minimum absolute atomic E-state index is 0.160. The van der Waals surface area contributed by atoms with Gasteiger partial charge in [0.1, 0.15) is 5.60 Å². The van der Waals surface area contributed by atoms with Crippen molar-refractivity contribution in [1.29, 1.82) is 0 Å². The molecule has 5 rings (SSSR count). The number of benzene rings is 1. The van der Waals surface area contributed by atoms with Crippen molar-refractivity contribution in [2.45, 2.75) is 25.2 Å². The van der Waals surface area contributed by atoms with Gasteiger partial charge in [0.15, 0.2) is 0 Å². The first-order valence-corrected chi connectivity index (χ1v) is 9.07. The highest BCUT2D eigenvalue weighted by atomic mass is 32.1. The number of nitrogens with zero attached hydrogens (tertiary/aromatic N) is 3. The average molecular weight is 339 g/mol. The van der Waals surface area contributed by atoms with Gasteiger partial charge in [-0.25, -0.2) is 0 Å². The Kier molecular flexibility index (Phi) is 3.29. The maximum Gasteiger partial charge on any atom is 0.241 e. The topological polar surface area (TPSA) is 51.4 Å². The first-order valence-electron chi connectivity index (χ1n) is 8.12. The van der Waals surface area contributed by atoms with Crippen molar-refractivity contribution in [1.82, 2.24) is 15.0 Å². The monoisotopic (exact) mass is 339 g/mol. The Balaban J connectivity index is 1.32. The lowest BCUT2D eigenvalue weighted by Crippen LogP contribution is -2.30. The van der Waals surface area contributed by atoms with Crippen LogP contribution in [0.1, 0.15) is 23.4 Å². The summed E-state index contributed by atoms with van der Waals surface area (Å²) in [6, 6.07) is 10.6. The highest BCUT2D eigenvalue weighted by Gasteiger charge is 2.45. The van der Waals surface area contributed by atoms with Crippen LogP contribution in [0.5, 0.6) is 0 Å². The van der Waals surface area contributed by atoms with E-state index in [1.54, 1.807) is 11.3 Å². The molecule has 1 saturated heterocycles. The molecule has 3 aromatic rings. The maximum atomic E-state index is 6.20. The zero-order chi connectivity index (χ0) is 16.0. The maximum absolute atomic E-state index is 6.20. The number of hydrogen-bond donors (Lipinski definition) is 0. The number of fused-ring (bicyclic) bond motifs is 2. The van der Waals surface area contributed by atoms with Gasteiger partial charge in [-0.05, 0) is 29.0 Å². The molecule has 0 amide bonds. The van der Waals surface area contributed by atoms with E-state index >= 15 is 0 Å². The molecule has 1 atom stereocenters. The van der Waals surface area contributed by atoms with Crippen LogP contribution in [0, 0.1) is 0 Å². The van der Waals surface area contributed by atoms with Gasteiger partial charge in [0.25, 0.3) is 0 Å². The van der Waals surface area contributed by atoms with E-state index in [4.69, 9.17) is 9.26 Å². The Hall–Kier alpha value is -2.02. The Bertz CT molecular complexity index is 861. The SMILES string of the molecule is c1ccc2c(c1)COC21CCN(Cc2nc(-c3ccsc3)no2)C1. The normalized spacial score (nSPS) is 23.2. The van der Waals surface area contributed by atoms with E-state index in [1.807, 2.05) is 16.8 Å². The molecule has 1 aromatic carbocycles. The second-order valence-corrected chi connectivity index (χ2v) is 7.20. The van der Waals surface area contributed by atoms with Crippen LogP contribution >= 0.6 is 11.3 Å². The zero-order valence-electron chi connectivity index (χ0n) is 13.1. The van der Waals surface area contributed by atoms with Gasteiger partial charge in [-0.1, -0.05) is 29.4 Å². The second-order valence-electron chi connectivity index (χ2n) is 6.42. The number of thiophene rings is 1. The number of likely N-dealkylation sites (tertiary alicyclic amines) is 1. The number of ether oxygens (including phenoxy) is 1. The lowest BCUT2D eigenvalue weighted by Gasteiger charge is -2.24. The Morgan fingerprint density at radius 3 is 3.12 bits per heavy atom.